The largest absolute Gasteiger partial charge is 0.335 e. The van der Waals surface area contributed by atoms with Crippen molar-refractivity contribution >= 4 is 17.7 Å². The van der Waals surface area contributed by atoms with Crippen LogP contribution in [0.25, 0.3) is 11.5 Å². The third kappa shape index (κ3) is 4.22. The molecule has 0 radical (unpaired) electrons. The minimum absolute atomic E-state index is 0.169. The highest BCUT2D eigenvalue weighted by Crippen LogP contribution is 2.26. The van der Waals surface area contributed by atoms with E-state index in [0.29, 0.717) is 13.0 Å². The maximum Gasteiger partial charge on any atom is 0.223 e. The Morgan fingerprint density at radius 3 is 2.61 bits per heavy atom. The minimum atomic E-state index is 0.169. The van der Waals surface area contributed by atoms with Crippen molar-refractivity contribution in [2.45, 2.75) is 30.3 Å². The number of hydrogen-bond acceptors (Lipinski definition) is 6. The molecular formula is C22H21N7OS. The summed E-state index contributed by atoms with van der Waals surface area (Å²) >= 11 is 1.60. The number of aromatic nitrogens is 6. The SMILES string of the molecule is O=C1CCCN1Cc1nnc(SCc2ccc(-n3cccn3)cc2)n1-c1ccccn1. The lowest BCUT2D eigenvalue weighted by atomic mass is 10.2. The molecule has 1 aliphatic rings. The Bertz CT molecular complexity index is 1160. The molecule has 5 rings (SSSR count). The van der Waals surface area contributed by atoms with Gasteiger partial charge in [-0.3, -0.25) is 9.36 Å². The summed E-state index contributed by atoms with van der Waals surface area (Å²) in [4.78, 5) is 18.4. The van der Waals surface area contributed by atoms with Crippen molar-refractivity contribution in [1.29, 1.82) is 0 Å². The van der Waals surface area contributed by atoms with Crippen molar-refractivity contribution < 1.29 is 4.79 Å². The van der Waals surface area contributed by atoms with Crippen molar-refractivity contribution in [2.24, 2.45) is 0 Å². The van der Waals surface area contributed by atoms with Crippen LogP contribution in [0.3, 0.4) is 0 Å². The number of thioether (sulfide) groups is 1. The number of carbonyl (C=O) groups excluding carboxylic acids is 1. The van der Waals surface area contributed by atoms with Crippen molar-refractivity contribution in [3.8, 4) is 11.5 Å². The molecule has 0 saturated carbocycles. The van der Waals surface area contributed by atoms with Crippen LogP contribution in [-0.2, 0) is 17.1 Å². The molecule has 4 heterocycles. The van der Waals surface area contributed by atoms with Gasteiger partial charge in [0.1, 0.15) is 5.82 Å². The van der Waals surface area contributed by atoms with Crippen LogP contribution < -0.4 is 0 Å². The molecule has 31 heavy (non-hydrogen) atoms. The van der Waals surface area contributed by atoms with Gasteiger partial charge in [-0.1, -0.05) is 30.0 Å². The van der Waals surface area contributed by atoms with Crippen molar-refractivity contribution in [3.63, 3.8) is 0 Å². The molecule has 3 aromatic heterocycles. The smallest absolute Gasteiger partial charge is 0.223 e. The Balaban J connectivity index is 1.36. The van der Waals surface area contributed by atoms with Crippen LogP contribution in [0.1, 0.15) is 24.2 Å². The molecule has 156 valence electrons. The first-order chi connectivity index (χ1) is 15.3. The Morgan fingerprint density at radius 1 is 1.00 bits per heavy atom. The zero-order valence-electron chi connectivity index (χ0n) is 16.8. The summed E-state index contributed by atoms with van der Waals surface area (Å²) in [6, 6.07) is 15.9. The Kier molecular flexibility index (Phi) is 5.49. The van der Waals surface area contributed by atoms with Crippen LogP contribution in [0, 0.1) is 0 Å². The molecule has 4 aromatic rings. The zero-order chi connectivity index (χ0) is 21.0. The van der Waals surface area contributed by atoms with E-state index in [1.807, 2.05) is 44.6 Å². The lowest BCUT2D eigenvalue weighted by Gasteiger charge is -2.16. The molecule has 1 aliphatic heterocycles. The van der Waals surface area contributed by atoms with E-state index < -0.39 is 0 Å². The Hall–Kier alpha value is -3.46. The number of likely N-dealkylation sites (tertiary alicyclic amines) is 1. The quantitative estimate of drug-likeness (QED) is 0.418. The number of pyridine rings is 1. The fraction of sp³-hybridized carbons (Fsp3) is 0.227. The van der Waals surface area contributed by atoms with Crippen molar-refractivity contribution in [1.82, 2.24) is 34.4 Å². The maximum absolute atomic E-state index is 12.1. The first-order valence-corrected chi connectivity index (χ1v) is 11.1. The molecule has 1 aromatic carbocycles. The zero-order valence-corrected chi connectivity index (χ0v) is 17.6. The molecule has 0 spiro atoms. The van der Waals surface area contributed by atoms with Crippen LogP contribution in [0.15, 0.2) is 72.3 Å². The summed E-state index contributed by atoms with van der Waals surface area (Å²) in [6.45, 7) is 1.21. The molecule has 0 N–H and O–H groups in total. The first-order valence-electron chi connectivity index (χ1n) is 10.1. The van der Waals surface area contributed by atoms with Crippen LogP contribution in [-0.4, -0.2) is 46.9 Å². The van der Waals surface area contributed by atoms with E-state index in [1.54, 1.807) is 24.2 Å². The Labute approximate surface area is 183 Å². The minimum Gasteiger partial charge on any atom is -0.335 e. The molecule has 0 unspecified atom stereocenters. The second kappa shape index (κ2) is 8.73. The van der Waals surface area contributed by atoms with Gasteiger partial charge in [0.15, 0.2) is 11.0 Å². The van der Waals surface area contributed by atoms with E-state index in [4.69, 9.17) is 0 Å². The summed E-state index contributed by atoms with van der Waals surface area (Å²) in [5.41, 5.74) is 2.20. The van der Waals surface area contributed by atoms with E-state index in [0.717, 1.165) is 41.2 Å². The van der Waals surface area contributed by atoms with Crippen LogP contribution >= 0.6 is 11.8 Å². The standard InChI is InChI=1S/C22H21N7OS/c30-21-6-3-13-27(21)15-20-25-26-22(29(20)19-5-1-2-11-23-19)31-16-17-7-9-18(10-8-17)28-14-4-12-24-28/h1-2,4-5,7-12,14H,3,6,13,15-16H2. The third-order valence-corrected chi connectivity index (χ3v) is 6.16. The highest BCUT2D eigenvalue weighted by molar-refractivity contribution is 7.98. The Morgan fingerprint density at radius 2 is 1.90 bits per heavy atom. The predicted molar refractivity (Wildman–Crippen MR) is 117 cm³/mol. The number of hydrogen-bond donors (Lipinski definition) is 0. The molecule has 0 bridgehead atoms. The summed E-state index contributed by atoms with van der Waals surface area (Å²) in [7, 11) is 0. The molecule has 0 aliphatic carbocycles. The number of carbonyl (C=O) groups is 1. The van der Waals surface area contributed by atoms with Gasteiger partial charge in [-0.2, -0.15) is 5.10 Å². The normalized spacial score (nSPS) is 13.8. The van der Waals surface area contributed by atoms with E-state index in [9.17, 15) is 4.79 Å². The third-order valence-electron chi connectivity index (χ3n) is 5.16. The molecular weight excluding hydrogens is 410 g/mol. The van der Waals surface area contributed by atoms with Gasteiger partial charge in [0.05, 0.1) is 12.2 Å². The van der Waals surface area contributed by atoms with Gasteiger partial charge in [-0.05, 0) is 42.3 Å². The summed E-state index contributed by atoms with van der Waals surface area (Å²) < 4.78 is 3.79. The second-order valence-electron chi connectivity index (χ2n) is 7.25. The molecule has 8 nitrogen and oxygen atoms in total. The lowest BCUT2D eigenvalue weighted by molar-refractivity contribution is -0.128. The van der Waals surface area contributed by atoms with Crippen LogP contribution in [0.4, 0.5) is 0 Å². The average molecular weight is 432 g/mol. The highest BCUT2D eigenvalue weighted by Gasteiger charge is 2.24. The van der Waals surface area contributed by atoms with Gasteiger partial charge in [0.2, 0.25) is 5.91 Å². The fourth-order valence-corrected chi connectivity index (χ4v) is 4.48. The van der Waals surface area contributed by atoms with Crippen molar-refractivity contribution in [2.75, 3.05) is 6.54 Å². The summed E-state index contributed by atoms with van der Waals surface area (Å²) in [5, 5.41) is 13.8. The molecule has 1 saturated heterocycles. The second-order valence-corrected chi connectivity index (χ2v) is 8.19. The number of amides is 1. The van der Waals surface area contributed by atoms with Gasteiger partial charge in [0, 0.05) is 37.3 Å². The lowest BCUT2D eigenvalue weighted by Crippen LogP contribution is -2.25. The summed E-state index contributed by atoms with van der Waals surface area (Å²) in [6.07, 6.45) is 6.94. The van der Waals surface area contributed by atoms with Gasteiger partial charge >= 0.3 is 0 Å². The molecule has 9 heteroatoms. The van der Waals surface area contributed by atoms with E-state index >= 15 is 0 Å². The average Bonchev–Trinajstić information content (AvgIpc) is 3.56. The number of rotatable bonds is 7. The van der Waals surface area contributed by atoms with Gasteiger partial charge in [-0.15, -0.1) is 10.2 Å². The topological polar surface area (TPSA) is 81.7 Å². The molecule has 1 amide bonds. The van der Waals surface area contributed by atoms with Gasteiger partial charge < -0.3 is 4.90 Å². The molecule has 0 atom stereocenters. The summed E-state index contributed by atoms with van der Waals surface area (Å²) in [5.74, 6) is 2.39. The van der Waals surface area contributed by atoms with Gasteiger partial charge in [0.25, 0.3) is 0 Å². The number of nitrogens with zero attached hydrogens (tertiary/aromatic N) is 7. The first kappa shape index (κ1) is 19.5. The highest BCUT2D eigenvalue weighted by atomic mass is 32.2. The number of benzene rings is 1. The van der Waals surface area contributed by atoms with E-state index in [-0.39, 0.29) is 5.91 Å². The monoisotopic (exact) mass is 431 g/mol. The molecule has 1 fully saturated rings. The van der Waals surface area contributed by atoms with Crippen molar-refractivity contribution in [3.05, 3.63) is 78.5 Å². The van der Waals surface area contributed by atoms with E-state index in [2.05, 4.69) is 44.5 Å². The maximum atomic E-state index is 12.1. The van der Waals surface area contributed by atoms with E-state index in [1.165, 1.54) is 5.56 Å². The van der Waals surface area contributed by atoms with Crippen LogP contribution in [0.2, 0.25) is 0 Å². The van der Waals surface area contributed by atoms with Crippen LogP contribution in [0.5, 0.6) is 0 Å². The fourth-order valence-electron chi connectivity index (χ4n) is 3.57. The predicted octanol–water partition coefficient (Wildman–Crippen LogP) is 3.26. The van der Waals surface area contributed by atoms with Gasteiger partial charge in [-0.25, -0.2) is 9.67 Å².